The number of hydrogen-bond donors (Lipinski definition) is 0. The van der Waals surface area contributed by atoms with E-state index in [2.05, 4.69) is 0 Å². The molecule has 0 saturated carbocycles. The van der Waals surface area contributed by atoms with E-state index in [9.17, 15) is 4.79 Å². The standard InChI is InChI=1S/C4H8O.Sn.2H/c1-2-3-4-5;;;/h4H,2-3H2,1H3;;;. The van der Waals surface area contributed by atoms with E-state index in [0.29, 0.717) is 6.42 Å². The first-order valence-electron chi connectivity index (χ1n) is 1.85. The van der Waals surface area contributed by atoms with Crippen molar-refractivity contribution in [3.05, 3.63) is 0 Å². The fraction of sp³-hybridized carbons (Fsp3) is 0.750. The maximum absolute atomic E-state index is 9.40. The third kappa shape index (κ3) is 8.82. The second-order valence-electron chi connectivity index (χ2n) is 0.955. The molecule has 2 radical (unpaired) electrons. The Morgan fingerprint density at radius 1 is 1.67 bits per heavy atom. The van der Waals surface area contributed by atoms with Crippen molar-refractivity contribution in [2.45, 2.75) is 19.8 Å². The van der Waals surface area contributed by atoms with E-state index in [-0.39, 0.29) is 23.9 Å². The van der Waals surface area contributed by atoms with Crippen LogP contribution < -0.4 is 0 Å². The molecule has 6 heavy (non-hydrogen) atoms. The summed E-state index contributed by atoms with van der Waals surface area (Å²) in [5.41, 5.74) is 0. The zero-order valence-corrected chi connectivity index (χ0v) is 8.14. The Balaban J connectivity index is 0. The quantitative estimate of drug-likeness (QED) is 0.447. The van der Waals surface area contributed by atoms with Gasteiger partial charge in [0.2, 0.25) is 0 Å². The van der Waals surface area contributed by atoms with Gasteiger partial charge in [-0.2, -0.15) is 0 Å². The van der Waals surface area contributed by atoms with Gasteiger partial charge in [-0.25, -0.2) is 0 Å². The summed E-state index contributed by atoms with van der Waals surface area (Å²) in [4.78, 5) is 9.40. The predicted octanol–water partition coefficient (Wildman–Crippen LogP) is 0.0692. The molecular formula is C4H10OSn. The summed E-state index contributed by atoms with van der Waals surface area (Å²) >= 11 is 0. The molecule has 36 valence electrons. The van der Waals surface area contributed by atoms with Crippen molar-refractivity contribution in [3.63, 3.8) is 0 Å². The van der Waals surface area contributed by atoms with E-state index in [4.69, 9.17) is 0 Å². The number of carbonyl (C=O) groups excluding carboxylic acids is 1. The molecule has 0 spiro atoms. The Hall–Kier alpha value is 0.469. The van der Waals surface area contributed by atoms with Crippen LogP contribution in [0.3, 0.4) is 0 Å². The van der Waals surface area contributed by atoms with Crippen LogP contribution in [-0.2, 0) is 4.79 Å². The van der Waals surface area contributed by atoms with Crippen LogP contribution in [0.2, 0.25) is 0 Å². The first-order chi connectivity index (χ1) is 2.41. The van der Waals surface area contributed by atoms with Crippen LogP contribution in [0.5, 0.6) is 0 Å². The Kier molecular flexibility index (Phi) is 14.7. The molecule has 0 saturated heterocycles. The number of rotatable bonds is 2. The molecule has 0 aliphatic heterocycles. The Labute approximate surface area is 55.1 Å². The molecule has 0 unspecified atom stereocenters. The second-order valence-corrected chi connectivity index (χ2v) is 0.955. The minimum absolute atomic E-state index is 0. The average molecular weight is 193 g/mol. The topological polar surface area (TPSA) is 17.1 Å². The SMILES string of the molecule is CCCC=O.[SnH2]. The van der Waals surface area contributed by atoms with Crippen molar-refractivity contribution in [1.82, 2.24) is 0 Å². The van der Waals surface area contributed by atoms with Crippen LogP contribution in [0.25, 0.3) is 0 Å². The molecule has 0 aromatic rings. The Morgan fingerprint density at radius 2 is 2.17 bits per heavy atom. The van der Waals surface area contributed by atoms with Crippen molar-refractivity contribution in [2.24, 2.45) is 0 Å². The van der Waals surface area contributed by atoms with Gasteiger partial charge in [-0.05, 0) is 6.42 Å². The molecule has 0 bridgehead atoms. The van der Waals surface area contributed by atoms with E-state index in [0.717, 1.165) is 12.7 Å². The van der Waals surface area contributed by atoms with Crippen molar-refractivity contribution in [3.8, 4) is 0 Å². The summed E-state index contributed by atoms with van der Waals surface area (Å²) in [6, 6.07) is 0. The summed E-state index contributed by atoms with van der Waals surface area (Å²) in [6.45, 7) is 1.98. The van der Waals surface area contributed by atoms with Crippen molar-refractivity contribution < 1.29 is 4.79 Å². The first kappa shape index (κ1) is 9.69. The van der Waals surface area contributed by atoms with Gasteiger partial charge < -0.3 is 4.79 Å². The third-order valence-corrected chi connectivity index (χ3v) is 0.407. The van der Waals surface area contributed by atoms with Crippen LogP contribution in [0.1, 0.15) is 19.8 Å². The zero-order valence-electron chi connectivity index (χ0n) is 4.11. The van der Waals surface area contributed by atoms with Gasteiger partial charge in [0, 0.05) is 6.42 Å². The van der Waals surface area contributed by atoms with Crippen LogP contribution in [0.4, 0.5) is 0 Å². The van der Waals surface area contributed by atoms with Crippen LogP contribution in [-0.4, -0.2) is 30.2 Å². The van der Waals surface area contributed by atoms with Gasteiger partial charge in [-0.3, -0.25) is 0 Å². The molecule has 0 atom stereocenters. The number of carbonyl (C=O) groups is 1. The Morgan fingerprint density at radius 3 is 2.17 bits per heavy atom. The summed E-state index contributed by atoms with van der Waals surface area (Å²) in [5.74, 6) is 0. The number of hydrogen-bond acceptors (Lipinski definition) is 1. The molecule has 0 aromatic carbocycles. The van der Waals surface area contributed by atoms with Crippen LogP contribution in [0, 0.1) is 0 Å². The fourth-order valence-corrected chi connectivity index (χ4v) is 0.118. The van der Waals surface area contributed by atoms with Gasteiger partial charge in [0.1, 0.15) is 6.29 Å². The van der Waals surface area contributed by atoms with E-state index < -0.39 is 0 Å². The van der Waals surface area contributed by atoms with E-state index >= 15 is 0 Å². The monoisotopic (exact) mass is 194 g/mol. The summed E-state index contributed by atoms with van der Waals surface area (Å²) in [5, 5.41) is 0. The zero-order chi connectivity index (χ0) is 4.12. The average Bonchev–Trinajstić information content (AvgIpc) is 1.41. The summed E-state index contributed by atoms with van der Waals surface area (Å²) in [7, 11) is 0. The molecule has 0 aliphatic carbocycles. The third-order valence-electron chi connectivity index (χ3n) is 0.407. The molecule has 1 nitrogen and oxygen atoms in total. The molecule has 0 aromatic heterocycles. The van der Waals surface area contributed by atoms with Gasteiger partial charge >= 0.3 is 23.9 Å². The second kappa shape index (κ2) is 9.08. The minimum atomic E-state index is 0. The summed E-state index contributed by atoms with van der Waals surface area (Å²) < 4.78 is 0. The molecule has 0 N–H and O–H groups in total. The van der Waals surface area contributed by atoms with Crippen molar-refractivity contribution in [2.75, 3.05) is 0 Å². The van der Waals surface area contributed by atoms with Crippen LogP contribution in [0.15, 0.2) is 0 Å². The molecule has 0 amide bonds. The molecule has 0 rings (SSSR count). The predicted molar refractivity (Wildman–Crippen MR) is 29.5 cm³/mol. The molecule has 0 fully saturated rings. The molecule has 0 aliphatic rings. The van der Waals surface area contributed by atoms with Crippen molar-refractivity contribution in [1.29, 1.82) is 0 Å². The van der Waals surface area contributed by atoms with Gasteiger partial charge in [0.25, 0.3) is 0 Å². The fourth-order valence-electron chi connectivity index (χ4n) is 0.118. The van der Waals surface area contributed by atoms with Crippen LogP contribution >= 0.6 is 0 Å². The first-order valence-corrected chi connectivity index (χ1v) is 1.85. The summed E-state index contributed by atoms with van der Waals surface area (Å²) in [6.07, 6.45) is 2.61. The number of aldehydes is 1. The normalized spacial score (nSPS) is 6.17. The molecular weight excluding hydrogens is 183 g/mol. The van der Waals surface area contributed by atoms with Gasteiger partial charge in [-0.15, -0.1) is 0 Å². The van der Waals surface area contributed by atoms with E-state index in [1.165, 1.54) is 0 Å². The van der Waals surface area contributed by atoms with E-state index in [1.54, 1.807) is 0 Å². The van der Waals surface area contributed by atoms with Crippen molar-refractivity contribution >= 4 is 30.2 Å². The molecule has 0 heterocycles. The van der Waals surface area contributed by atoms with Gasteiger partial charge in [0.05, 0.1) is 0 Å². The Bertz CT molecular complexity index is 28.7. The van der Waals surface area contributed by atoms with E-state index in [1.807, 2.05) is 6.92 Å². The van der Waals surface area contributed by atoms with Gasteiger partial charge in [0.15, 0.2) is 0 Å². The number of unbranched alkanes of at least 4 members (excludes halogenated alkanes) is 1. The maximum atomic E-state index is 9.40. The molecule has 2 heteroatoms. The van der Waals surface area contributed by atoms with Gasteiger partial charge in [-0.1, -0.05) is 6.92 Å².